The molecule has 136 valence electrons. The number of aliphatic hydroxyl groups is 1. The van der Waals surface area contributed by atoms with Crippen LogP contribution in [0.4, 0.5) is 0 Å². The topological polar surface area (TPSA) is 49.8 Å². The fourth-order valence-corrected chi connectivity index (χ4v) is 5.19. The van der Waals surface area contributed by atoms with E-state index < -0.39 is 0 Å². The first-order valence-electron chi connectivity index (χ1n) is 9.79. The first-order valence-corrected chi connectivity index (χ1v) is 9.79. The minimum atomic E-state index is -0.261. The predicted molar refractivity (Wildman–Crippen MR) is 96.4 cm³/mol. The van der Waals surface area contributed by atoms with E-state index in [0.29, 0.717) is 18.9 Å². The van der Waals surface area contributed by atoms with Gasteiger partial charge < -0.3 is 14.7 Å². The Morgan fingerprint density at radius 3 is 2.80 bits per heavy atom. The fourth-order valence-electron chi connectivity index (χ4n) is 5.19. The second-order valence-corrected chi connectivity index (χ2v) is 7.95. The maximum atomic E-state index is 12.8. The Hall–Kier alpha value is -1.39. The van der Waals surface area contributed by atoms with E-state index in [2.05, 4.69) is 24.3 Å². The number of fused-ring (bicyclic) bond motifs is 1. The summed E-state index contributed by atoms with van der Waals surface area (Å²) < 4.78 is 5.82. The van der Waals surface area contributed by atoms with Gasteiger partial charge in [0.2, 0.25) is 5.91 Å². The highest BCUT2D eigenvalue weighted by Gasteiger charge is 2.56. The standard InChI is InChI=1S/C21H29NO3/c1-2-25-19-14-18(23)21(19)9-11-22(12-10-21)20(24)13-16-8-7-15-5-3-4-6-17(15)16/h3-6,16,18-19,23H,2,7-14H2,1H3/t16-,18-,19+/m0/s1. The van der Waals surface area contributed by atoms with Crippen LogP contribution in [0, 0.1) is 5.41 Å². The van der Waals surface area contributed by atoms with Crippen LogP contribution in [0.5, 0.6) is 0 Å². The number of aliphatic hydroxyl groups excluding tert-OH is 1. The molecule has 1 aliphatic heterocycles. The van der Waals surface area contributed by atoms with E-state index in [9.17, 15) is 9.90 Å². The van der Waals surface area contributed by atoms with Crippen molar-refractivity contribution in [2.45, 2.75) is 63.6 Å². The quantitative estimate of drug-likeness (QED) is 0.914. The maximum absolute atomic E-state index is 12.8. The molecular weight excluding hydrogens is 314 g/mol. The van der Waals surface area contributed by atoms with Gasteiger partial charge in [0, 0.05) is 38.0 Å². The normalized spacial score (nSPS) is 30.2. The summed E-state index contributed by atoms with van der Waals surface area (Å²) in [6.45, 7) is 4.22. The Labute approximate surface area is 150 Å². The molecule has 1 amide bonds. The van der Waals surface area contributed by atoms with Gasteiger partial charge in [-0.1, -0.05) is 24.3 Å². The zero-order valence-corrected chi connectivity index (χ0v) is 15.1. The van der Waals surface area contributed by atoms with Gasteiger partial charge in [-0.15, -0.1) is 0 Å². The molecule has 1 saturated heterocycles. The second-order valence-electron chi connectivity index (χ2n) is 7.95. The van der Waals surface area contributed by atoms with Crippen LogP contribution in [0.15, 0.2) is 24.3 Å². The smallest absolute Gasteiger partial charge is 0.223 e. The van der Waals surface area contributed by atoms with Crippen LogP contribution in [-0.4, -0.2) is 47.8 Å². The van der Waals surface area contributed by atoms with Crippen molar-refractivity contribution in [3.05, 3.63) is 35.4 Å². The summed E-state index contributed by atoms with van der Waals surface area (Å²) in [5.41, 5.74) is 2.68. The summed E-state index contributed by atoms with van der Waals surface area (Å²) in [4.78, 5) is 14.8. The monoisotopic (exact) mass is 343 g/mol. The summed E-state index contributed by atoms with van der Waals surface area (Å²) in [6, 6.07) is 8.54. The van der Waals surface area contributed by atoms with Crippen molar-refractivity contribution in [2.75, 3.05) is 19.7 Å². The second kappa shape index (κ2) is 6.73. The number of likely N-dealkylation sites (tertiary alicyclic amines) is 1. The summed E-state index contributed by atoms with van der Waals surface area (Å²) >= 11 is 0. The van der Waals surface area contributed by atoms with Crippen LogP contribution in [0.2, 0.25) is 0 Å². The Balaban J connectivity index is 1.35. The number of nitrogens with zero attached hydrogens (tertiary/aromatic N) is 1. The molecule has 25 heavy (non-hydrogen) atoms. The Morgan fingerprint density at radius 1 is 1.32 bits per heavy atom. The predicted octanol–water partition coefficient (Wildman–Crippen LogP) is 2.89. The van der Waals surface area contributed by atoms with Gasteiger partial charge in [0.1, 0.15) is 0 Å². The van der Waals surface area contributed by atoms with Crippen molar-refractivity contribution >= 4 is 5.91 Å². The highest BCUT2D eigenvalue weighted by molar-refractivity contribution is 5.77. The molecule has 0 unspecified atom stereocenters. The van der Waals surface area contributed by atoms with Gasteiger partial charge in [0.15, 0.2) is 0 Å². The van der Waals surface area contributed by atoms with Crippen LogP contribution < -0.4 is 0 Å². The van der Waals surface area contributed by atoms with Crippen molar-refractivity contribution < 1.29 is 14.6 Å². The number of rotatable bonds is 4. The van der Waals surface area contributed by atoms with E-state index in [1.807, 2.05) is 11.8 Å². The SMILES string of the molecule is CCO[C@@H]1C[C@H](O)C12CCN(C(=O)C[C@@H]1CCc3ccccc31)CC2. The number of amides is 1. The lowest BCUT2D eigenvalue weighted by atomic mass is 9.58. The van der Waals surface area contributed by atoms with Gasteiger partial charge in [-0.3, -0.25) is 4.79 Å². The molecule has 4 heteroatoms. The third-order valence-corrected chi connectivity index (χ3v) is 6.84. The average molecular weight is 343 g/mol. The number of hydrogen-bond acceptors (Lipinski definition) is 3. The van der Waals surface area contributed by atoms with Crippen LogP contribution in [0.25, 0.3) is 0 Å². The van der Waals surface area contributed by atoms with Crippen molar-refractivity contribution in [1.82, 2.24) is 4.90 Å². The number of ether oxygens (including phenoxy) is 1. The summed E-state index contributed by atoms with van der Waals surface area (Å²) in [5, 5.41) is 10.3. The average Bonchev–Trinajstić information content (AvgIpc) is 3.05. The number of aryl methyl sites for hydroxylation is 1. The molecule has 1 aromatic rings. The summed E-state index contributed by atoms with van der Waals surface area (Å²) in [6.07, 6.45) is 5.21. The lowest BCUT2D eigenvalue weighted by Crippen LogP contribution is -2.62. The molecule has 1 saturated carbocycles. The molecule has 2 aliphatic carbocycles. The van der Waals surface area contributed by atoms with Crippen molar-refractivity contribution in [2.24, 2.45) is 5.41 Å². The van der Waals surface area contributed by atoms with Crippen LogP contribution in [-0.2, 0) is 16.0 Å². The lowest BCUT2D eigenvalue weighted by Gasteiger charge is -2.56. The molecule has 3 aliphatic rings. The van der Waals surface area contributed by atoms with Crippen molar-refractivity contribution in [3.63, 3.8) is 0 Å². The van der Waals surface area contributed by atoms with Crippen LogP contribution in [0.1, 0.15) is 56.1 Å². The number of piperidine rings is 1. The molecule has 1 N–H and O–H groups in total. The lowest BCUT2D eigenvalue weighted by molar-refractivity contribution is -0.210. The van der Waals surface area contributed by atoms with Crippen molar-refractivity contribution in [3.8, 4) is 0 Å². The van der Waals surface area contributed by atoms with Gasteiger partial charge in [-0.2, -0.15) is 0 Å². The van der Waals surface area contributed by atoms with Gasteiger partial charge in [-0.25, -0.2) is 0 Å². The fraction of sp³-hybridized carbons (Fsp3) is 0.667. The van der Waals surface area contributed by atoms with E-state index in [0.717, 1.165) is 45.2 Å². The molecule has 0 bridgehead atoms. The van der Waals surface area contributed by atoms with Crippen LogP contribution >= 0.6 is 0 Å². The molecule has 0 radical (unpaired) electrons. The summed E-state index contributed by atoms with van der Waals surface area (Å²) in [5.74, 6) is 0.656. The third kappa shape index (κ3) is 2.89. The van der Waals surface area contributed by atoms with Gasteiger partial charge in [-0.05, 0) is 49.7 Å². The molecule has 4 nitrogen and oxygen atoms in total. The molecule has 1 heterocycles. The van der Waals surface area contributed by atoms with E-state index >= 15 is 0 Å². The van der Waals surface area contributed by atoms with Crippen LogP contribution in [0.3, 0.4) is 0 Å². The first-order chi connectivity index (χ1) is 12.1. The maximum Gasteiger partial charge on any atom is 0.223 e. The summed E-state index contributed by atoms with van der Waals surface area (Å²) in [7, 11) is 0. The van der Waals surface area contributed by atoms with E-state index in [4.69, 9.17) is 4.74 Å². The van der Waals surface area contributed by atoms with E-state index in [1.165, 1.54) is 11.1 Å². The highest BCUT2D eigenvalue weighted by atomic mass is 16.5. The number of carbonyl (C=O) groups excluding carboxylic acids is 1. The molecule has 2 fully saturated rings. The Morgan fingerprint density at radius 2 is 2.08 bits per heavy atom. The van der Waals surface area contributed by atoms with Gasteiger partial charge in [0.25, 0.3) is 0 Å². The zero-order valence-electron chi connectivity index (χ0n) is 15.1. The molecule has 1 spiro atoms. The van der Waals surface area contributed by atoms with E-state index in [1.54, 1.807) is 0 Å². The zero-order chi connectivity index (χ0) is 17.4. The molecular formula is C21H29NO3. The minimum Gasteiger partial charge on any atom is -0.392 e. The van der Waals surface area contributed by atoms with E-state index in [-0.39, 0.29) is 23.5 Å². The number of hydrogen-bond donors (Lipinski definition) is 1. The third-order valence-electron chi connectivity index (χ3n) is 6.84. The number of carbonyl (C=O) groups is 1. The van der Waals surface area contributed by atoms with Gasteiger partial charge in [0.05, 0.1) is 12.2 Å². The first kappa shape index (κ1) is 17.0. The molecule has 3 atom stereocenters. The highest BCUT2D eigenvalue weighted by Crippen LogP contribution is 2.51. The molecule has 0 aromatic heterocycles. The number of benzene rings is 1. The van der Waals surface area contributed by atoms with Gasteiger partial charge >= 0.3 is 0 Å². The molecule has 4 rings (SSSR count). The Kier molecular flexibility index (Phi) is 4.59. The Bertz CT molecular complexity index is 634. The minimum absolute atomic E-state index is 0.104. The largest absolute Gasteiger partial charge is 0.392 e. The molecule has 1 aromatic carbocycles. The van der Waals surface area contributed by atoms with Crippen molar-refractivity contribution in [1.29, 1.82) is 0 Å².